The SMILES string of the molecule is Cc1ccc(C)c(CC(=O)N(Cc2ccccc2C)C(Cc2ccccc2)C(=O)NCC(C)C)c1. The first kappa shape index (κ1) is 26.2. The fourth-order valence-electron chi connectivity index (χ4n) is 4.20. The topological polar surface area (TPSA) is 49.4 Å². The number of nitrogens with zero attached hydrogens (tertiary/aromatic N) is 1. The zero-order valence-electron chi connectivity index (χ0n) is 21.7. The predicted molar refractivity (Wildman–Crippen MR) is 143 cm³/mol. The average Bonchev–Trinajstić information content (AvgIpc) is 2.83. The van der Waals surface area contributed by atoms with Crippen LogP contribution in [0.5, 0.6) is 0 Å². The second-order valence-electron chi connectivity index (χ2n) is 9.90. The molecule has 0 spiro atoms. The van der Waals surface area contributed by atoms with Crippen LogP contribution in [0, 0.1) is 26.7 Å². The predicted octanol–water partition coefficient (Wildman–Crippen LogP) is 5.57. The monoisotopic (exact) mass is 470 g/mol. The molecule has 3 rings (SSSR count). The maximum Gasteiger partial charge on any atom is 0.243 e. The van der Waals surface area contributed by atoms with Gasteiger partial charge in [0.1, 0.15) is 6.04 Å². The van der Waals surface area contributed by atoms with E-state index in [1.807, 2.05) is 75.4 Å². The molecule has 0 saturated carbocycles. The Morgan fingerprint density at radius 3 is 2.17 bits per heavy atom. The van der Waals surface area contributed by atoms with Gasteiger partial charge < -0.3 is 10.2 Å². The van der Waals surface area contributed by atoms with Crippen molar-refractivity contribution in [2.75, 3.05) is 6.54 Å². The highest BCUT2D eigenvalue weighted by atomic mass is 16.2. The summed E-state index contributed by atoms with van der Waals surface area (Å²) in [6, 6.07) is 23.6. The van der Waals surface area contributed by atoms with Crippen molar-refractivity contribution in [1.29, 1.82) is 0 Å². The van der Waals surface area contributed by atoms with E-state index in [2.05, 4.69) is 37.4 Å². The van der Waals surface area contributed by atoms with Gasteiger partial charge in [0.2, 0.25) is 11.8 Å². The number of amides is 2. The van der Waals surface area contributed by atoms with Crippen molar-refractivity contribution in [2.45, 2.75) is 60.0 Å². The molecule has 4 heteroatoms. The summed E-state index contributed by atoms with van der Waals surface area (Å²) in [7, 11) is 0. The Hall–Kier alpha value is -3.40. The first-order chi connectivity index (χ1) is 16.7. The van der Waals surface area contributed by atoms with Crippen molar-refractivity contribution in [3.8, 4) is 0 Å². The molecule has 0 saturated heterocycles. The number of hydrogen-bond acceptors (Lipinski definition) is 2. The van der Waals surface area contributed by atoms with Gasteiger partial charge in [-0.25, -0.2) is 0 Å². The minimum absolute atomic E-state index is 0.0393. The van der Waals surface area contributed by atoms with Gasteiger partial charge in [-0.05, 0) is 54.5 Å². The van der Waals surface area contributed by atoms with Gasteiger partial charge in [0.25, 0.3) is 0 Å². The Bertz CT molecular complexity index is 1140. The summed E-state index contributed by atoms with van der Waals surface area (Å²) in [6.07, 6.45) is 0.733. The molecule has 4 nitrogen and oxygen atoms in total. The van der Waals surface area contributed by atoms with E-state index in [0.29, 0.717) is 25.4 Å². The van der Waals surface area contributed by atoms with Gasteiger partial charge >= 0.3 is 0 Å². The molecule has 0 heterocycles. The highest BCUT2D eigenvalue weighted by molar-refractivity contribution is 5.89. The fourth-order valence-corrected chi connectivity index (χ4v) is 4.20. The summed E-state index contributed by atoms with van der Waals surface area (Å²) in [5.41, 5.74) is 6.41. The van der Waals surface area contributed by atoms with E-state index in [0.717, 1.165) is 33.4 Å². The number of carbonyl (C=O) groups is 2. The molecule has 3 aromatic carbocycles. The molecule has 184 valence electrons. The molecular formula is C31H38N2O2. The summed E-state index contributed by atoms with van der Waals surface area (Å²) >= 11 is 0. The third-order valence-corrected chi connectivity index (χ3v) is 6.40. The molecule has 0 aliphatic heterocycles. The van der Waals surface area contributed by atoms with Gasteiger partial charge in [-0.3, -0.25) is 9.59 Å². The molecule has 0 aliphatic rings. The molecule has 2 amide bonds. The Labute approximate surface area is 210 Å². The van der Waals surface area contributed by atoms with Crippen LogP contribution in [-0.2, 0) is 29.0 Å². The summed E-state index contributed by atoms with van der Waals surface area (Å²) in [6.45, 7) is 11.2. The van der Waals surface area contributed by atoms with Crippen LogP contribution in [0.4, 0.5) is 0 Å². The van der Waals surface area contributed by atoms with E-state index in [4.69, 9.17) is 0 Å². The molecular weight excluding hydrogens is 432 g/mol. The summed E-state index contributed by atoms with van der Waals surface area (Å²) in [5, 5.41) is 3.09. The maximum absolute atomic E-state index is 13.9. The van der Waals surface area contributed by atoms with Crippen LogP contribution >= 0.6 is 0 Å². The number of carbonyl (C=O) groups excluding carboxylic acids is 2. The van der Waals surface area contributed by atoms with Crippen molar-refractivity contribution >= 4 is 11.8 Å². The van der Waals surface area contributed by atoms with Gasteiger partial charge in [-0.2, -0.15) is 0 Å². The first-order valence-electron chi connectivity index (χ1n) is 12.5. The number of aryl methyl sites for hydroxylation is 3. The van der Waals surface area contributed by atoms with Crippen molar-refractivity contribution in [3.05, 3.63) is 106 Å². The van der Waals surface area contributed by atoms with E-state index in [-0.39, 0.29) is 18.2 Å². The van der Waals surface area contributed by atoms with E-state index < -0.39 is 6.04 Å². The molecule has 0 aliphatic carbocycles. The molecule has 0 radical (unpaired) electrons. The molecule has 1 atom stereocenters. The van der Waals surface area contributed by atoms with Crippen molar-refractivity contribution in [3.63, 3.8) is 0 Å². The minimum Gasteiger partial charge on any atom is -0.354 e. The van der Waals surface area contributed by atoms with Gasteiger partial charge in [0.05, 0.1) is 6.42 Å². The van der Waals surface area contributed by atoms with Crippen LogP contribution in [0.1, 0.15) is 47.2 Å². The lowest BCUT2D eigenvalue weighted by Gasteiger charge is -2.32. The Kier molecular flexibility index (Phi) is 9.25. The lowest BCUT2D eigenvalue weighted by Crippen LogP contribution is -2.51. The van der Waals surface area contributed by atoms with Gasteiger partial charge in [-0.15, -0.1) is 0 Å². The Morgan fingerprint density at radius 1 is 0.829 bits per heavy atom. The largest absolute Gasteiger partial charge is 0.354 e. The summed E-state index contributed by atoms with van der Waals surface area (Å²) < 4.78 is 0. The van der Waals surface area contributed by atoms with Crippen LogP contribution in [0.15, 0.2) is 72.8 Å². The van der Waals surface area contributed by atoms with Crippen LogP contribution in [0.3, 0.4) is 0 Å². The van der Waals surface area contributed by atoms with Crippen LogP contribution in [0.2, 0.25) is 0 Å². The third-order valence-electron chi connectivity index (χ3n) is 6.40. The minimum atomic E-state index is -0.603. The zero-order chi connectivity index (χ0) is 25.4. The molecule has 35 heavy (non-hydrogen) atoms. The molecule has 0 bridgehead atoms. The van der Waals surface area contributed by atoms with Crippen molar-refractivity contribution in [1.82, 2.24) is 10.2 Å². The molecule has 0 fully saturated rings. The van der Waals surface area contributed by atoms with Gasteiger partial charge in [0, 0.05) is 19.5 Å². The van der Waals surface area contributed by atoms with Crippen LogP contribution in [0.25, 0.3) is 0 Å². The number of hydrogen-bond donors (Lipinski definition) is 1. The normalized spacial score (nSPS) is 11.8. The number of rotatable bonds is 10. The lowest BCUT2D eigenvalue weighted by atomic mass is 9.98. The first-order valence-corrected chi connectivity index (χ1v) is 12.5. The average molecular weight is 471 g/mol. The quantitative estimate of drug-likeness (QED) is 0.421. The Morgan fingerprint density at radius 2 is 1.49 bits per heavy atom. The van der Waals surface area contributed by atoms with E-state index >= 15 is 0 Å². The smallest absolute Gasteiger partial charge is 0.243 e. The highest BCUT2D eigenvalue weighted by Crippen LogP contribution is 2.20. The molecule has 1 N–H and O–H groups in total. The molecule has 3 aromatic rings. The van der Waals surface area contributed by atoms with Crippen molar-refractivity contribution < 1.29 is 9.59 Å². The molecule has 1 unspecified atom stereocenters. The molecule has 0 aromatic heterocycles. The van der Waals surface area contributed by atoms with E-state index in [1.54, 1.807) is 4.90 Å². The lowest BCUT2D eigenvalue weighted by molar-refractivity contribution is -0.140. The number of nitrogens with one attached hydrogen (secondary N) is 1. The second kappa shape index (κ2) is 12.3. The third kappa shape index (κ3) is 7.54. The highest BCUT2D eigenvalue weighted by Gasteiger charge is 2.31. The standard InChI is InChI=1S/C31H38N2O2/c1-22(2)20-32-31(35)29(18-26-12-7-6-8-13-26)33(21-27-14-10-9-11-24(27)4)30(34)19-28-17-23(3)15-16-25(28)5/h6-17,22,29H,18-21H2,1-5H3,(H,32,35). The zero-order valence-corrected chi connectivity index (χ0v) is 21.7. The van der Waals surface area contributed by atoms with Gasteiger partial charge in [0.15, 0.2) is 0 Å². The summed E-state index contributed by atoms with van der Waals surface area (Å²) in [5.74, 6) is 0.180. The van der Waals surface area contributed by atoms with E-state index in [1.165, 1.54) is 0 Å². The maximum atomic E-state index is 13.9. The van der Waals surface area contributed by atoms with Crippen LogP contribution < -0.4 is 5.32 Å². The Balaban J connectivity index is 2.00. The number of benzene rings is 3. The van der Waals surface area contributed by atoms with Crippen LogP contribution in [-0.4, -0.2) is 29.3 Å². The summed E-state index contributed by atoms with van der Waals surface area (Å²) in [4.78, 5) is 29.2. The van der Waals surface area contributed by atoms with E-state index in [9.17, 15) is 9.59 Å². The van der Waals surface area contributed by atoms with Gasteiger partial charge in [-0.1, -0.05) is 92.2 Å². The van der Waals surface area contributed by atoms with Crippen molar-refractivity contribution in [2.24, 2.45) is 5.92 Å². The fraction of sp³-hybridized carbons (Fsp3) is 0.355. The second-order valence-corrected chi connectivity index (χ2v) is 9.90.